The van der Waals surface area contributed by atoms with Crippen LogP contribution in [0.1, 0.15) is 29.3 Å². The van der Waals surface area contributed by atoms with Gasteiger partial charge in [0.25, 0.3) is 0 Å². The minimum absolute atomic E-state index is 0.108. The Morgan fingerprint density at radius 3 is 3.00 bits per heavy atom. The molecular weight excluding hydrogens is 225 g/mol. The van der Waals surface area contributed by atoms with Gasteiger partial charge in [-0.15, -0.1) is 0 Å². The summed E-state index contributed by atoms with van der Waals surface area (Å²) in [6.45, 7) is 2.06. The number of hydrogen-bond donors (Lipinski definition) is 0. The Bertz CT molecular complexity index is 443. The van der Waals surface area contributed by atoms with Gasteiger partial charge in [-0.25, -0.2) is 4.98 Å². The normalized spacial score (nSPS) is 10.5. The molecule has 0 unspecified atom stereocenters. The average Bonchev–Trinajstić information content (AvgIpc) is 2.31. The van der Waals surface area contributed by atoms with Crippen LogP contribution in [0.15, 0.2) is 18.3 Å². The van der Waals surface area contributed by atoms with Crippen molar-refractivity contribution in [2.45, 2.75) is 13.3 Å². The van der Waals surface area contributed by atoms with Crippen molar-refractivity contribution in [2.75, 3.05) is 6.61 Å². The fraction of sp³-hybridized carbons (Fsp3) is 0.250. The van der Waals surface area contributed by atoms with Crippen molar-refractivity contribution in [3.63, 3.8) is 0 Å². The molecule has 0 aliphatic carbocycles. The van der Waals surface area contributed by atoms with Crippen LogP contribution in [0.2, 0.25) is 0 Å². The van der Waals surface area contributed by atoms with E-state index in [1.165, 1.54) is 12.3 Å². The first-order valence-electron chi connectivity index (χ1n) is 5.10. The number of pyridine rings is 1. The molecular formula is C12H12FNO3. The molecule has 0 atom stereocenters. The predicted octanol–water partition coefficient (Wildman–Crippen LogP) is 2.00. The third kappa shape index (κ3) is 4.14. The molecule has 17 heavy (non-hydrogen) atoms. The molecule has 1 aromatic rings. The first-order chi connectivity index (χ1) is 8.17. The van der Waals surface area contributed by atoms with E-state index in [-0.39, 0.29) is 18.0 Å². The van der Waals surface area contributed by atoms with E-state index in [1.54, 1.807) is 19.1 Å². The van der Waals surface area contributed by atoms with Crippen LogP contribution in [0.25, 0.3) is 6.08 Å². The van der Waals surface area contributed by atoms with Gasteiger partial charge < -0.3 is 4.74 Å². The zero-order chi connectivity index (χ0) is 12.7. The van der Waals surface area contributed by atoms with E-state index in [2.05, 4.69) is 4.98 Å². The maximum Gasteiger partial charge on any atom is 0.309 e. The molecule has 0 saturated carbocycles. The number of halogens is 1. The molecule has 0 aliphatic heterocycles. The summed E-state index contributed by atoms with van der Waals surface area (Å²) < 4.78 is 17.6. The first-order valence-corrected chi connectivity index (χ1v) is 5.10. The van der Waals surface area contributed by atoms with Crippen molar-refractivity contribution in [1.82, 2.24) is 4.98 Å². The largest absolute Gasteiger partial charge is 0.466 e. The zero-order valence-electron chi connectivity index (χ0n) is 9.35. The van der Waals surface area contributed by atoms with Gasteiger partial charge in [0.1, 0.15) is 0 Å². The molecule has 90 valence electrons. The predicted molar refractivity (Wildman–Crippen MR) is 59.9 cm³/mol. The molecule has 0 aromatic carbocycles. The van der Waals surface area contributed by atoms with Gasteiger partial charge in [0.15, 0.2) is 6.29 Å². The summed E-state index contributed by atoms with van der Waals surface area (Å²) in [6.07, 6.45) is 4.95. The lowest BCUT2D eigenvalue weighted by molar-refractivity contribution is -0.142. The molecule has 0 N–H and O–H groups in total. The minimum Gasteiger partial charge on any atom is -0.466 e. The number of rotatable bonds is 5. The summed E-state index contributed by atoms with van der Waals surface area (Å²) in [7, 11) is 0. The summed E-state index contributed by atoms with van der Waals surface area (Å²) in [5.74, 6) is -1.14. The highest BCUT2D eigenvalue weighted by molar-refractivity contribution is 5.76. The molecule has 0 spiro atoms. The van der Waals surface area contributed by atoms with Crippen LogP contribution in [0.4, 0.5) is 4.39 Å². The van der Waals surface area contributed by atoms with Crippen molar-refractivity contribution in [2.24, 2.45) is 0 Å². The molecule has 1 rings (SSSR count). The van der Waals surface area contributed by atoms with Gasteiger partial charge in [0, 0.05) is 6.20 Å². The maximum absolute atomic E-state index is 12.9. The first kappa shape index (κ1) is 13.0. The van der Waals surface area contributed by atoms with E-state index in [0.29, 0.717) is 18.5 Å². The lowest BCUT2D eigenvalue weighted by Gasteiger charge is -1.98. The second-order valence-corrected chi connectivity index (χ2v) is 3.18. The number of aldehydes is 1. The summed E-state index contributed by atoms with van der Waals surface area (Å²) in [5, 5.41) is 0. The smallest absolute Gasteiger partial charge is 0.309 e. The van der Waals surface area contributed by atoms with Crippen molar-refractivity contribution >= 4 is 18.3 Å². The van der Waals surface area contributed by atoms with Gasteiger partial charge in [0.2, 0.25) is 5.95 Å². The monoisotopic (exact) mass is 237 g/mol. The second kappa shape index (κ2) is 6.52. The van der Waals surface area contributed by atoms with Crippen LogP contribution in [0.3, 0.4) is 0 Å². The molecule has 0 radical (unpaired) electrons. The van der Waals surface area contributed by atoms with Gasteiger partial charge in [-0.3, -0.25) is 9.59 Å². The van der Waals surface area contributed by atoms with E-state index in [1.807, 2.05) is 0 Å². The molecule has 1 heterocycles. The maximum atomic E-state index is 12.9. The quantitative estimate of drug-likeness (QED) is 0.446. The topological polar surface area (TPSA) is 56.3 Å². The Kier molecular flexibility index (Phi) is 5.00. The summed E-state index contributed by atoms with van der Waals surface area (Å²) in [5.41, 5.74) is 0.445. The summed E-state index contributed by atoms with van der Waals surface area (Å²) >= 11 is 0. The van der Waals surface area contributed by atoms with Crippen molar-refractivity contribution in [1.29, 1.82) is 0 Å². The fourth-order valence-corrected chi connectivity index (χ4v) is 1.17. The Labute approximate surface area is 98.1 Å². The zero-order valence-corrected chi connectivity index (χ0v) is 9.35. The number of hydrogen-bond acceptors (Lipinski definition) is 4. The van der Waals surface area contributed by atoms with E-state index in [9.17, 15) is 14.0 Å². The standard InChI is InChI=1S/C12H12FNO3/c1-2-17-11(16)5-3-4-9-6-10(8-15)12(13)14-7-9/h3-4,6-8H,2,5H2,1H3. The van der Waals surface area contributed by atoms with Crippen LogP contribution in [-0.2, 0) is 9.53 Å². The number of carbonyl (C=O) groups excluding carboxylic acids is 2. The Morgan fingerprint density at radius 1 is 1.59 bits per heavy atom. The van der Waals surface area contributed by atoms with Gasteiger partial charge >= 0.3 is 5.97 Å². The highest BCUT2D eigenvalue weighted by Crippen LogP contribution is 2.07. The Morgan fingerprint density at radius 2 is 2.35 bits per heavy atom. The molecule has 0 bridgehead atoms. The highest BCUT2D eigenvalue weighted by Gasteiger charge is 2.02. The molecule has 0 amide bonds. The SMILES string of the molecule is CCOC(=O)CC=Cc1cnc(F)c(C=O)c1. The minimum atomic E-state index is -0.803. The van der Waals surface area contributed by atoms with Gasteiger partial charge in [-0.1, -0.05) is 12.2 Å². The molecule has 0 saturated heterocycles. The molecule has 4 nitrogen and oxygen atoms in total. The van der Waals surface area contributed by atoms with Gasteiger partial charge in [0.05, 0.1) is 18.6 Å². The number of esters is 1. The molecule has 0 aliphatic rings. The molecule has 1 aromatic heterocycles. The average molecular weight is 237 g/mol. The van der Waals surface area contributed by atoms with Crippen LogP contribution in [0, 0.1) is 5.95 Å². The number of ether oxygens (including phenoxy) is 1. The Hall–Kier alpha value is -2.04. The van der Waals surface area contributed by atoms with Crippen LogP contribution in [0.5, 0.6) is 0 Å². The molecule has 5 heteroatoms. The van der Waals surface area contributed by atoms with Crippen molar-refractivity contribution in [3.05, 3.63) is 35.4 Å². The van der Waals surface area contributed by atoms with Gasteiger partial charge in [-0.05, 0) is 18.6 Å². The van der Waals surface area contributed by atoms with Crippen molar-refractivity contribution in [3.8, 4) is 0 Å². The third-order valence-corrected chi connectivity index (χ3v) is 1.91. The van der Waals surface area contributed by atoms with Gasteiger partial charge in [-0.2, -0.15) is 4.39 Å². The van der Waals surface area contributed by atoms with E-state index in [0.717, 1.165) is 0 Å². The van der Waals surface area contributed by atoms with E-state index >= 15 is 0 Å². The van der Waals surface area contributed by atoms with Crippen LogP contribution < -0.4 is 0 Å². The van der Waals surface area contributed by atoms with E-state index in [4.69, 9.17) is 4.74 Å². The van der Waals surface area contributed by atoms with Crippen molar-refractivity contribution < 1.29 is 18.7 Å². The summed E-state index contributed by atoms with van der Waals surface area (Å²) in [6, 6.07) is 1.36. The fourth-order valence-electron chi connectivity index (χ4n) is 1.17. The van der Waals surface area contributed by atoms with Crippen LogP contribution >= 0.6 is 0 Å². The highest BCUT2D eigenvalue weighted by atomic mass is 19.1. The van der Waals surface area contributed by atoms with Crippen LogP contribution in [-0.4, -0.2) is 23.8 Å². The third-order valence-electron chi connectivity index (χ3n) is 1.91. The Balaban J connectivity index is 2.65. The second-order valence-electron chi connectivity index (χ2n) is 3.18. The summed E-state index contributed by atoms with van der Waals surface area (Å²) in [4.78, 5) is 24.9. The lowest BCUT2D eigenvalue weighted by atomic mass is 10.2. The van der Waals surface area contributed by atoms with E-state index < -0.39 is 5.95 Å². The number of carbonyl (C=O) groups is 2. The molecule has 0 fully saturated rings. The lowest BCUT2D eigenvalue weighted by Crippen LogP contribution is -2.01. The number of aromatic nitrogens is 1. The number of nitrogens with zero attached hydrogens (tertiary/aromatic N) is 1.